The summed E-state index contributed by atoms with van der Waals surface area (Å²) in [5, 5.41) is 26.1. The summed E-state index contributed by atoms with van der Waals surface area (Å²) in [5.74, 6) is 0. The van der Waals surface area contributed by atoms with Gasteiger partial charge in [0.2, 0.25) is 0 Å². The molecular formula is C26H20Cl2N8. The van der Waals surface area contributed by atoms with Gasteiger partial charge in [-0.2, -0.15) is 0 Å². The maximum Gasteiger partial charge on any atom is 0.164 e. The highest BCUT2D eigenvalue weighted by atomic mass is 35.5. The van der Waals surface area contributed by atoms with Crippen LogP contribution in [-0.2, 0) is 0 Å². The van der Waals surface area contributed by atoms with Crippen molar-refractivity contribution in [3.05, 3.63) is 107 Å². The Bertz CT molecular complexity index is 1540. The average molecular weight is 515 g/mol. The Morgan fingerprint density at radius 1 is 0.528 bits per heavy atom. The van der Waals surface area contributed by atoms with Crippen LogP contribution in [0, 0.1) is 0 Å². The van der Waals surface area contributed by atoms with Crippen LogP contribution in [0.3, 0.4) is 0 Å². The lowest BCUT2D eigenvalue weighted by atomic mass is 10.2. The number of aromatic nitrogens is 6. The Kier molecular flexibility index (Phi) is 5.88. The summed E-state index contributed by atoms with van der Waals surface area (Å²) in [4.78, 5) is 0. The predicted molar refractivity (Wildman–Crippen MR) is 143 cm³/mol. The topological polar surface area (TPSA) is 85.5 Å². The highest BCUT2D eigenvalue weighted by Crippen LogP contribution is 2.34. The number of fused-ring (bicyclic) bond motifs is 2. The van der Waals surface area contributed by atoms with E-state index in [1.807, 2.05) is 106 Å². The molecule has 0 aliphatic heterocycles. The van der Waals surface area contributed by atoms with Crippen LogP contribution in [0.4, 0.5) is 11.4 Å². The van der Waals surface area contributed by atoms with E-state index in [2.05, 4.69) is 31.3 Å². The Labute approximate surface area is 216 Å². The highest BCUT2D eigenvalue weighted by Gasteiger charge is 2.31. The summed E-state index contributed by atoms with van der Waals surface area (Å²) in [6, 6.07) is 30.7. The molecule has 2 heterocycles. The third-order valence-electron chi connectivity index (χ3n) is 5.94. The second-order valence-corrected chi connectivity index (χ2v) is 9.00. The van der Waals surface area contributed by atoms with E-state index in [1.165, 1.54) is 0 Å². The van der Waals surface area contributed by atoms with Gasteiger partial charge in [-0.25, -0.2) is 9.36 Å². The van der Waals surface area contributed by atoms with Crippen LogP contribution in [0.5, 0.6) is 0 Å². The van der Waals surface area contributed by atoms with Gasteiger partial charge in [0.15, 0.2) is 12.3 Å². The quantitative estimate of drug-likeness (QED) is 0.256. The third kappa shape index (κ3) is 4.10. The molecule has 0 radical (unpaired) electrons. The molecule has 10 heteroatoms. The van der Waals surface area contributed by atoms with E-state index < -0.39 is 12.3 Å². The maximum atomic E-state index is 6.57. The second-order valence-electron chi connectivity index (χ2n) is 8.18. The average Bonchev–Trinajstić information content (AvgIpc) is 3.53. The van der Waals surface area contributed by atoms with Gasteiger partial charge in [-0.05, 0) is 48.5 Å². The van der Waals surface area contributed by atoms with Crippen LogP contribution in [0.25, 0.3) is 22.1 Å². The standard InChI is InChI=1S/C26H20Cl2N8/c27-17-9-1-3-11-19(17)29-25(35-23-15-7-5-13-21(23)31-33-35)26(30-20-12-4-2-10-18(20)28)36-24-16-8-6-14-22(24)32-34-36/h1-16,25-26,29-30H/t25-,26-/m0/s1. The van der Waals surface area contributed by atoms with Gasteiger partial charge in [0.1, 0.15) is 11.0 Å². The van der Waals surface area contributed by atoms with Gasteiger partial charge in [-0.15, -0.1) is 10.2 Å². The van der Waals surface area contributed by atoms with Crippen LogP contribution < -0.4 is 10.6 Å². The van der Waals surface area contributed by atoms with Crippen molar-refractivity contribution in [1.82, 2.24) is 30.0 Å². The molecule has 36 heavy (non-hydrogen) atoms. The van der Waals surface area contributed by atoms with E-state index in [4.69, 9.17) is 23.2 Å². The summed E-state index contributed by atoms with van der Waals surface area (Å²) in [7, 11) is 0. The van der Waals surface area contributed by atoms with Crippen molar-refractivity contribution in [2.45, 2.75) is 12.3 Å². The molecule has 0 amide bonds. The monoisotopic (exact) mass is 514 g/mol. The lowest BCUT2D eigenvalue weighted by Gasteiger charge is -2.31. The zero-order chi connectivity index (χ0) is 24.5. The molecule has 0 aliphatic carbocycles. The first kappa shape index (κ1) is 22.3. The van der Waals surface area contributed by atoms with Gasteiger partial charge in [-0.3, -0.25) is 0 Å². The number of hydrogen-bond acceptors (Lipinski definition) is 6. The summed E-state index contributed by atoms with van der Waals surface area (Å²) in [5.41, 5.74) is 4.69. The number of halogens is 2. The van der Waals surface area contributed by atoms with Crippen LogP contribution in [0.2, 0.25) is 10.0 Å². The molecule has 2 atom stereocenters. The Morgan fingerprint density at radius 2 is 0.917 bits per heavy atom. The van der Waals surface area contributed by atoms with Crippen molar-refractivity contribution < 1.29 is 0 Å². The Morgan fingerprint density at radius 3 is 1.36 bits per heavy atom. The van der Waals surface area contributed by atoms with Gasteiger partial charge in [0.25, 0.3) is 0 Å². The molecule has 178 valence electrons. The zero-order valence-electron chi connectivity index (χ0n) is 18.8. The van der Waals surface area contributed by atoms with E-state index in [0.717, 1.165) is 33.4 Å². The smallest absolute Gasteiger partial charge is 0.164 e. The van der Waals surface area contributed by atoms with Crippen molar-refractivity contribution in [3.63, 3.8) is 0 Å². The number of nitrogens with one attached hydrogen (secondary N) is 2. The van der Waals surface area contributed by atoms with Crippen LogP contribution in [0.15, 0.2) is 97.1 Å². The minimum absolute atomic E-state index is 0.543. The zero-order valence-corrected chi connectivity index (χ0v) is 20.3. The lowest BCUT2D eigenvalue weighted by Crippen LogP contribution is -2.35. The molecule has 0 unspecified atom stereocenters. The Hall–Kier alpha value is -4.14. The van der Waals surface area contributed by atoms with E-state index in [1.54, 1.807) is 0 Å². The first-order valence-electron chi connectivity index (χ1n) is 11.3. The molecule has 2 aromatic heterocycles. The molecule has 6 rings (SSSR count). The molecule has 2 N–H and O–H groups in total. The molecule has 0 spiro atoms. The number of rotatable bonds is 7. The summed E-state index contributed by atoms with van der Waals surface area (Å²) in [6.07, 6.45) is -1.09. The molecule has 6 aromatic rings. The van der Waals surface area contributed by atoms with E-state index in [-0.39, 0.29) is 0 Å². The predicted octanol–water partition coefficient (Wildman–Crippen LogP) is 6.40. The van der Waals surface area contributed by atoms with Crippen molar-refractivity contribution in [2.24, 2.45) is 0 Å². The lowest BCUT2D eigenvalue weighted by molar-refractivity contribution is 0.347. The third-order valence-corrected chi connectivity index (χ3v) is 6.59. The van der Waals surface area contributed by atoms with E-state index >= 15 is 0 Å². The molecule has 8 nitrogen and oxygen atoms in total. The van der Waals surface area contributed by atoms with Crippen molar-refractivity contribution in [3.8, 4) is 0 Å². The molecule has 4 aromatic carbocycles. The number of nitrogens with zero attached hydrogens (tertiary/aromatic N) is 6. The van der Waals surface area contributed by atoms with E-state index in [0.29, 0.717) is 10.0 Å². The molecule has 0 aliphatic rings. The van der Waals surface area contributed by atoms with Crippen molar-refractivity contribution in [2.75, 3.05) is 10.6 Å². The van der Waals surface area contributed by atoms with Gasteiger partial charge >= 0.3 is 0 Å². The van der Waals surface area contributed by atoms with Gasteiger partial charge in [-0.1, -0.05) is 82.2 Å². The van der Waals surface area contributed by atoms with Crippen LogP contribution in [-0.4, -0.2) is 30.0 Å². The van der Waals surface area contributed by atoms with Gasteiger partial charge in [0, 0.05) is 0 Å². The van der Waals surface area contributed by atoms with Crippen LogP contribution in [0.1, 0.15) is 12.3 Å². The second kappa shape index (κ2) is 9.49. The minimum Gasteiger partial charge on any atom is -0.359 e. The first-order chi connectivity index (χ1) is 17.7. The first-order valence-corrected chi connectivity index (χ1v) is 12.1. The minimum atomic E-state index is -0.543. The molecular weight excluding hydrogens is 495 g/mol. The van der Waals surface area contributed by atoms with Crippen molar-refractivity contribution in [1.29, 1.82) is 0 Å². The van der Waals surface area contributed by atoms with Crippen molar-refractivity contribution >= 4 is 56.6 Å². The normalized spacial score (nSPS) is 13.1. The summed E-state index contributed by atoms with van der Waals surface area (Å²) < 4.78 is 3.65. The number of hydrogen-bond donors (Lipinski definition) is 2. The molecule has 0 saturated heterocycles. The Balaban J connectivity index is 1.57. The molecule has 0 bridgehead atoms. The number of anilines is 2. The fraction of sp³-hybridized carbons (Fsp3) is 0.0769. The number of para-hydroxylation sites is 4. The van der Waals surface area contributed by atoms with Gasteiger partial charge in [0.05, 0.1) is 32.5 Å². The summed E-state index contributed by atoms with van der Waals surface area (Å²) in [6.45, 7) is 0. The fourth-order valence-corrected chi connectivity index (χ4v) is 4.59. The molecule has 0 saturated carbocycles. The largest absolute Gasteiger partial charge is 0.359 e. The SMILES string of the molecule is Clc1ccccc1N[C@H]([C@@H](Nc1ccccc1Cl)n1nnc2ccccc21)n1nnc2ccccc21. The number of benzene rings is 4. The van der Waals surface area contributed by atoms with Crippen LogP contribution >= 0.6 is 23.2 Å². The highest BCUT2D eigenvalue weighted by molar-refractivity contribution is 6.33. The van der Waals surface area contributed by atoms with Gasteiger partial charge < -0.3 is 10.6 Å². The van der Waals surface area contributed by atoms with E-state index in [9.17, 15) is 0 Å². The molecule has 0 fully saturated rings. The fourth-order valence-electron chi connectivity index (χ4n) is 4.21. The maximum absolute atomic E-state index is 6.57. The summed E-state index contributed by atoms with van der Waals surface area (Å²) >= 11 is 13.1.